The average Bonchev–Trinajstić information content (AvgIpc) is 3.48. The maximum Gasteiger partial charge on any atom is 0.245 e. The lowest BCUT2D eigenvalue weighted by atomic mass is 10.0. The van der Waals surface area contributed by atoms with Gasteiger partial charge in [-0.25, -0.2) is 17.8 Å². The SMILES string of the molecule is CC(=O)Cc1cccc(-c2cc3sc(C(C(=O)NCC(=O)NC4CC4)S(C)(=O)=O)nc3cc2F)c1. The molecule has 1 saturated carbocycles. The van der Waals surface area contributed by atoms with Crippen LogP contribution in [0.2, 0.25) is 0 Å². The van der Waals surface area contributed by atoms with E-state index in [0.29, 0.717) is 10.3 Å². The zero-order valence-corrected chi connectivity index (χ0v) is 20.8. The zero-order valence-electron chi connectivity index (χ0n) is 19.1. The monoisotopic (exact) mass is 517 g/mol. The van der Waals surface area contributed by atoms with Crippen molar-refractivity contribution in [1.82, 2.24) is 15.6 Å². The van der Waals surface area contributed by atoms with E-state index in [4.69, 9.17) is 0 Å². The van der Waals surface area contributed by atoms with E-state index in [9.17, 15) is 27.2 Å². The summed E-state index contributed by atoms with van der Waals surface area (Å²) < 4.78 is 40.4. The molecule has 0 aliphatic heterocycles. The molecule has 184 valence electrons. The first-order valence-corrected chi connectivity index (χ1v) is 13.7. The van der Waals surface area contributed by atoms with Crippen LogP contribution in [0.4, 0.5) is 4.39 Å². The second-order valence-corrected chi connectivity index (χ2v) is 11.9. The second kappa shape index (κ2) is 9.82. The number of halogens is 1. The van der Waals surface area contributed by atoms with Crippen LogP contribution >= 0.6 is 11.3 Å². The van der Waals surface area contributed by atoms with E-state index in [0.717, 1.165) is 36.0 Å². The first-order valence-electron chi connectivity index (χ1n) is 11.0. The number of benzene rings is 2. The van der Waals surface area contributed by atoms with E-state index in [1.165, 1.54) is 13.0 Å². The van der Waals surface area contributed by atoms with Crippen LogP contribution in [0.25, 0.3) is 21.3 Å². The number of ketones is 1. The van der Waals surface area contributed by atoms with Gasteiger partial charge in [0.05, 0.1) is 16.8 Å². The Bertz CT molecular complexity index is 1430. The highest BCUT2D eigenvalue weighted by Crippen LogP contribution is 2.35. The molecule has 1 heterocycles. The molecule has 35 heavy (non-hydrogen) atoms. The summed E-state index contributed by atoms with van der Waals surface area (Å²) in [5, 5.41) is 3.45. The number of nitrogens with zero attached hydrogens (tertiary/aromatic N) is 1. The summed E-state index contributed by atoms with van der Waals surface area (Å²) in [6, 6.07) is 9.83. The van der Waals surface area contributed by atoms with Crippen LogP contribution < -0.4 is 10.6 Å². The van der Waals surface area contributed by atoms with Crippen molar-refractivity contribution in [3.8, 4) is 11.1 Å². The van der Waals surface area contributed by atoms with E-state index >= 15 is 0 Å². The van der Waals surface area contributed by atoms with Gasteiger partial charge in [0.1, 0.15) is 16.6 Å². The van der Waals surface area contributed by atoms with Crippen LogP contribution in [0.1, 0.15) is 35.6 Å². The minimum Gasteiger partial charge on any atom is -0.352 e. The van der Waals surface area contributed by atoms with Crippen molar-refractivity contribution in [2.45, 2.75) is 37.5 Å². The minimum atomic E-state index is -3.93. The van der Waals surface area contributed by atoms with Crippen LogP contribution in [-0.4, -0.2) is 49.8 Å². The van der Waals surface area contributed by atoms with E-state index in [1.54, 1.807) is 30.3 Å². The molecule has 4 rings (SSSR count). The molecule has 0 radical (unpaired) electrons. The van der Waals surface area contributed by atoms with Crippen LogP contribution in [0.15, 0.2) is 36.4 Å². The highest BCUT2D eigenvalue weighted by molar-refractivity contribution is 7.91. The molecule has 1 atom stereocenters. The van der Waals surface area contributed by atoms with Gasteiger partial charge in [0.15, 0.2) is 15.1 Å². The number of rotatable bonds is 9. The van der Waals surface area contributed by atoms with Gasteiger partial charge in [-0.15, -0.1) is 11.3 Å². The third-order valence-electron chi connectivity index (χ3n) is 5.44. The molecule has 3 aromatic rings. The number of fused-ring (bicyclic) bond motifs is 1. The van der Waals surface area contributed by atoms with Gasteiger partial charge in [0.2, 0.25) is 11.8 Å². The van der Waals surface area contributed by atoms with Crippen molar-refractivity contribution in [2.75, 3.05) is 12.8 Å². The normalized spacial score (nSPS) is 14.5. The molecule has 1 aliphatic carbocycles. The molecule has 1 fully saturated rings. The molecule has 0 spiro atoms. The van der Waals surface area contributed by atoms with E-state index in [-0.39, 0.29) is 40.9 Å². The lowest BCUT2D eigenvalue weighted by Gasteiger charge is -2.12. The summed E-state index contributed by atoms with van der Waals surface area (Å²) in [5.74, 6) is -1.84. The number of aromatic nitrogens is 1. The molecular weight excluding hydrogens is 493 g/mol. The first-order chi connectivity index (χ1) is 16.5. The fraction of sp³-hybridized carbons (Fsp3) is 0.333. The van der Waals surface area contributed by atoms with E-state index in [2.05, 4.69) is 15.6 Å². The molecule has 0 saturated heterocycles. The Hall–Kier alpha value is -3.18. The maximum atomic E-state index is 15.0. The van der Waals surface area contributed by atoms with Gasteiger partial charge in [0, 0.05) is 30.3 Å². The number of thiazole rings is 1. The summed E-state index contributed by atoms with van der Waals surface area (Å²) in [4.78, 5) is 40.3. The van der Waals surface area contributed by atoms with Gasteiger partial charge < -0.3 is 10.6 Å². The Morgan fingerprint density at radius 3 is 2.60 bits per heavy atom. The fourth-order valence-corrected chi connectivity index (χ4v) is 6.22. The third-order valence-corrected chi connectivity index (χ3v) is 7.97. The number of nitrogens with one attached hydrogen (secondary N) is 2. The van der Waals surface area contributed by atoms with Crippen LogP contribution in [0, 0.1) is 5.82 Å². The largest absolute Gasteiger partial charge is 0.352 e. The molecule has 1 aliphatic rings. The standard InChI is InChI=1S/C24H24FN3O5S2/c1-13(29)8-14-4-3-5-15(9-14)17-10-20-19(11-18(17)25)28-24(34-20)22(35(2,32)33)23(31)26-12-21(30)27-16-6-7-16/h3-5,9-11,16,22H,6-8,12H2,1-2H3,(H,26,31)(H,27,30). The van der Waals surface area contributed by atoms with Gasteiger partial charge >= 0.3 is 0 Å². The highest BCUT2D eigenvalue weighted by atomic mass is 32.2. The quantitative estimate of drug-likeness (QED) is 0.450. The van der Waals surface area contributed by atoms with Crippen molar-refractivity contribution in [1.29, 1.82) is 0 Å². The molecule has 1 aromatic heterocycles. The smallest absolute Gasteiger partial charge is 0.245 e. The number of carbonyl (C=O) groups is 3. The van der Waals surface area contributed by atoms with Gasteiger partial charge in [-0.1, -0.05) is 24.3 Å². The summed E-state index contributed by atoms with van der Waals surface area (Å²) in [5.41, 5.74) is 1.81. The van der Waals surface area contributed by atoms with E-state index in [1.807, 2.05) is 0 Å². The summed E-state index contributed by atoms with van der Waals surface area (Å²) in [6.07, 6.45) is 2.92. The lowest BCUT2D eigenvalue weighted by Crippen LogP contribution is -2.41. The summed E-state index contributed by atoms with van der Waals surface area (Å²) in [7, 11) is -3.93. The molecule has 8 nitrogen and oxygen atoms in total. The van der Waals surface area contributed by atoms with Gasteiger partial charge in [-0.05, 0) is 37.0 Å². The van der Waals surface area contributed by atoms with Crippen molar-refractivity contribution in [2.24, 2.45) is 0 Å². The highest BCUT2D eigenvalue weighted by Gasteiger charge is 2.34. The molecule has 2 amide bonds. The van der Waals surface area contributed by atoms with Crippen molar-refractivity contribution in [3.05, 3.63) is 52.8 Å². The predicted octanol–water partition coefficient (Wildman–Crippen LogP) is 2.71. The van der Waals surface area contributed by atoms with E-state index < -0.39 is 32.7 Å². The summed E-state index contributed by atoms with van der Waals surface area (Å²) in [6.45, 7) is 1.13. The molecule has 11 heteroatoms. The van der Waals surface area contributed by atoms with Crippen molar-refractivity contribution in [3.63, 3.8) is 0 Å². The topological polar surface area (TPSA) is 122 Å². The number of hydrogen-bond donors (Lipinski definition) is 2. The number of carbonyl (C=O) groups excluding carboxylic acids is 3. The molecule has 0 bridgehead atoms. The van der Waals surface area contributed by atoms with Crippen LogP contribution in [0.5, 0.6) is 0 Å². The van der Waals surface area contributed by atoms with Gasteiger partial charge in [-0.3, -0.25) is 14.4 Å². The Morgan fingerprint density at radius 2 is 1.94 bits per heavy atom. The number of amides is 2. The molecule has 1 unspecified atom stereocenters. The summed E-state index contributed by atoms with van der Waals surface area (Å²) >= 11 is 0.975. The van der Waals surface area contributed by atoms with Gasteiger partial charge in [-0.2, -0.15) is 0 Å². The van der Waals surface area contributed by atoms with Crippen LogP contribution in [-0.2, 0) is 30.6 Å². The fourth-order valence-electron chi connectivity index (χ4n) is 3.69. The maximum absolute atomic E-state index is 15.0. The number of Topliss-reactive ketones (excluding diaryl/α,β-unsaturated/α-hetero) is 1. The second-order valence-electron chi connectivity index (χ2n) is 8.70. The Kier molecular flexibility index (Phi) is 7.00. The Morgan fingerprint density at radius 1 is 1.20 bits per heavy atom. The van der Waals surface area contributed by atoms with Crippen molar-refractivity contribution < 1.29 is 27.2 Å². The molecule has 2 N–H and O–H groups in total. The number of hydrogen-bond acceptors (Lipinski definition) is 7. The molecular formula is C24H24FN3O5S2. The average molecular weight is 518 g/mol. The third kappa shape index (κ3) is 6.09. The zero-order chi connectivity index (χ0) is 25.3. The minimum absolute atomic E-state index is 0.00974. The Labute approximate surface area is 205 Å². The predicted molar refractivity (Wildman–Crippen MR) is 131 cm³/mol. The lowest BCUT2D eigenvalue weighted by molar-refractivity contribution is -0.126. The number of sulfone groups is 1. The Balaban J connectivity index is 1.63. The van der Waals surface area contributed by atoms with Crippen LogP contribution in [0.3, 0.4) is 0 Å². The molecule has 2 aromatic carbocycles. The first kappa shape index (κ1) is 24.9. The van der Waals surface area contributed by atoms with Crippen molar-refractivity contribution >= 4 is 49.0 Å². The van der Waals surface area contributed by atoms with Gasteiger partial charge in [0.25, 0.3) is 0 Å².